The second-order valence-electron chi connectivity index (χ2n) is 3.90. The van der Waals surface area contributed by atoms with E-state index >= 15 is 0 Å². The number of nitrogens with zero attached hydrogens (tertiary/aromatic N) is 2. The Kier molecular flexibility index (Phi) is 5.35. The van der Waals surface area contributed by atoms with Crippen LogP contribution in [0, 0.1) is 0 Å². The van der Waals surface area contributed by atoms with Gasteiger partial charge in [0.15, 0.2) is 0 Å². The van der Waals surface area contributed by atoms with Gasteiger partial charge < -0.3 is 0 Å². The van der Waals surface area contributed by atoms with E-state index in [1.807, 2.05) is 0 Å². The van der Waals surface area contributed by atoms with E-state index < -0.39 is 19.9 Å². The van der Waals surface area contributed by atoms with Crippen LogP contribution in [0.5, 0.6) is 0 Å². The van der Waals surface area contributed by atoms with Gasteiger partial charge in [-0.25, -0.2) is 21.8 Å². The van der Waals surface area contributed by atoms with Crippen molar-refractivity contribution in [2.75, 3.05) is 25.6 Å². The summed E-state index contributed by atoms with van der Waals surface area (Å²) >= 11 is 8.87. The average molecular weight is 392 g/mol. The maximum Gasteiger partial charge on any atom is 0.245 e. The summed E-state index contributed by atoms with van der Waals surface area (Å²) in [4.78, 5) is 3.56. The van der Waals surface area contributed by atoms with Crippen LogP contribution >= 0.6 is 27.5 Å². The minimum Gasteiger partial charge on any atom is -0.242 e. The lowest BCUT2D eigenvalue weighted by Crippen LogP contribution is -2.31. The molecule has 0 spiro atoms. The van der Waals surface area contributed by atoms with Gasteiger partial charge in [-0.2, -0.15) is 4.31 Å². The van der Waals surface area contributed by atoms with Crippen molar-refractivity contribution in [3.05, 3.63) is 21.9 Å². The Morgan fingerprint density at radius 1 is 1.37 bits per heavy atom. The van der Waals surface area contributed by atoms with Crippen molar-refractivity contribution in [2.45, 2.75) is 4.90 Å². The van der Waals surface area contributed by atoms with E-state index in [0.717, 1.165) is 10.6 Å². The first-order valence-corrected chi connectivity index (χ1v) is 9.66. The van der Waals surface area contributed by atoms with Gasteiger partial charge in [0.05, 0.1) is 5.75 Å². The number of sulfone groups is 1. The summed E-state index contributed by atoms with van der Waals surface area (Å²) in [7, 11) is -5.82. The molecule has 0 aromatic carbocycles. The topological polar surface area (TPSA) is 84.4 Å². The van der Waals surface area contributed by atoms with Crippen LogP contribution in [0.2, 0.25) is 5.15 Å². The Balaban J connectivity index is 3.07. The molecule has 6 nitrogen and oxygen atoms in total. The number of rotatable bonds is 5. The van der Waals surface area contributed by atoms with Crippen molar-refractivity contribution < 1.29 is 16.8 Å². The largest absolute Gasteiger partial charge is 0.245 e. The van der Waals surface area contributed by atoms with Crippen molar-refractivity contribution in [1.29, 1.82) is 0 Å². The molecule has 0 unspecified atom stereocenters. The van der Waals surface area contributed by atoms with Crippen LogP contribution in [0.3, 0.4) is 0 Å². The molecule has 1 heterocycles. The second kappa shape index (κ2) is 6.04. The summed E-state index contributed by atoms with van der Waals surface area (Å²) < 4.78 is 47.9. The predicted octanol–water partition coefficient (Wildman–Crippen LogP) is 1.16. The third kappa shape index (κ3) is 4.67. The summed E-state index contributed by atoms with van der Waals surface area (Å²) in [6.07, 6.45) is 2.42. The molecule has 0 aliphatic carbocycles. The average Bonchev–Trinajstić information content (AvgIpc) is 2.28. The third-order valence-electron chi connectivity index (χ3n) is 2.24. The first kappa shape index (κ1) is 16.8. The fourth-order valence-corrected chi connectivity index (χ4v) is 3.98. The predicted molar refractivity (Wildman–Crippen MR) is 76.5 cm³/mol. The molecule has 19 heavy (non-hydrogen) atoms. The lowest BCUT2D eigenvalue weighted by molar-refractivity contribution is 0.484. The van der Waals surface area contributed by atoms with Crippen LogP contribution in [0.25, 0.3) is 0 Å². The molecule has 0 radical (unpaired) electrons. The smallest absolute Gasteiger partial charge is 0.242 e. The fourth-order valence-electron chi connectivity index (χ4n) is 1.17. The Labute approximate surface area is 125 Å². The number of hydrogen-bond acceptors (Lipinski definition) is 5. The van der Waals surface area contributed by atoms with E-state index in [9.17, 15) is 16.8 Å². The molecule has 0 N–H and O–H groups in total. The summed E-state index contributed by atoms with van der Waals surface area (Å²) in [6, 6.07) is 1.32. The first-order chi connectivity index (χ1) is 8.54. The molecular formula is C9H12BrClN2O4S2. The van der Waals surface area contributed by atoms with Gasteiger partial charge in [-0.3, -0.25) is 0 Å². The van der Waals surface area contributed by atoms with Gasteiger partial charge in [-0.15, -0.1) is 0 Å². The molecule has 1 aromatic heterocycles. The van der Waals surface area contributed by atoms with E-state index in [2.05, 4.69) is 20.9 Å². The Bertz CT molecular complexity index is 675. The number of aromatic nitrogens is 1. The van der Waals surface area contributed by atoms with Crippen LogP contribution in [0.4, 0.5) is 0 Å². The van der Waals surface area contributed by atoms with Crippen molar-refractivity contribution in [1.82, 2.24) is 9.29 Å². The molecule has 0 atom stereocenters. The molecule has 1 aromatic rings. The van der Waals surface area contributed by atoms with Crippen molar-refractivity contribution in [3.8, 4) is 0 Å². The SMILES string of the molecule is CN(CCS(C)(=O)=O)S(=O)(=O)c1cc(Br)cnc1Cl. The van der Waals surface area contributed by atoms with Crippen LogP contribution in [-0.4, -0.2) is 51.7 Å². The highest BCUT2D eigenvalue weighted by molar-refractivity contribution is 9.10. The molecule has 0 bridgehead atoms. The zero-order valence-corrected chi connectivity index (χ0v) is 14.1. The third-order valence-corrected chi connectivity index (χ3v) is 5.88. The molecule has 0 saturated heterocycles. The molecule has 1 rings (SSSR count). The number of sulfonamides is 1. The van der Waals surface area contributed by atoms with Gasteiger partial charge in [0, 0.05) is 30.5 Å². The first-order valence-electron chi connectivity index (χ1n) is 4.99. The van der Waals surface area contributed by atoms with Crippen molar-refractivity contribution in [2.24, 2.45) is 0 Å². The number of pyridine rings is 1. The molecule has 0 saturated carbocycles. The summed E-state index contributed by atoms with van der Waals surface area (Å²) in [6.45, 7) is -0.149. The Morgan fingerprint density at radius 3 is 2.47 bits per heavy atom. The van der Waals surface area contributed by atoms with E-state index in [0.29, 0.717) is 4.47 Å². The molecule has 0 aliphatic rings. The summed E-state index contributed by atoms with van der Waals surface area (Å²) in [5.41, 5.74) is 0. The van der Waals surface area contributed by atoms with Crippen molar-refractivity contribution in [3.63, 3.8) is 0 Å². The monoisotopic (exact) mass is 390 g/mol. The van der Waals surface area contributed by atoms with Crippen molar-refractivity contribution >= 4 is 47.4 Å². The van der Waals surface area contributed by atoms with Gasteiger partial charge in [0.2, 0.25) is 10.0 Å². The van der Waals surface area contributed by atoms with E-state index in [-0.39, 0.29) is 22.3 Å². The standard InChI is InChI=1S/C9H12BrClN2O4S2/c1-13(3-4-18(2,14)15)19(16,17)8-5-7(10)6-12-9(8)11/h5-6H,3-4H2,1-2H3. The molecule has 0 amide bonds. The molecular weight excluding hydrogens is 380 g/mol. The van der Waals surface area contributed by atoms with E-state index in [4.69, 9.17) is 11.6 Å². The van der Waals surface area contributed by atoms with Gasteiger partial charge in [-0.1, -0.05) is 11.6 Å². The molecule has 0 fully saturated rings. The highest BCUT2D eigenvalue weighted by Crippen LogP contribution is 2.25. The normalized spacial score (nSPS) is 12.9. The maximum absolute atomic E-state index is 12.2. The number of halogens is 2. The maximum atomic E-state index is 12.2. The zero-order chi connectivity index (χ0) is 14.8. The number of hydrogen-bond donors (Lipinski definition) is 0. The zero-order valence-electron chi connectivity index (χ0n) is 10.2. The van der Waals surface area contributed by atoms with Crippen LogP contribution in [0.1, 0.15) is 0 Å². The van der Waals surface area contributed by atoms with E-state index in [1.54, 1.807) is 0 Å². The van der Waals surface area contributed by atoms with Crippen LogP contribution in [-0.2, 0) is 19.9 Å². The molecule has 10 heteroatoms. The minimum atomic E-state index is -3.87. The lowest BCUT2D eigenvalue weighted by Gasteiger charge is -2.17. The Hall–Kier alpha value is -0.220. The van der Waals surface area contributed by atoms with Crippen LogP contribution in [0.15, 0.2) is 21.6 Å². The summed E-state index contributed by atoms with van der Waals surface area (Å²) in [5.74, 6) is -0.262. The lowest BCUT2D eigenvalue weighted by atomic mass is 10.5. The summed E-state index contributed by atoms with van der Waals surface area (Å²) in [5, 5.41) is -0.158. The van der Waals surface area contributed by atoms with Gasteiger partial charge in [-0.05, 0) is 22.0 Å². The van der Waals surface area contributed by atoms with Gasteiger partial charge >= 0.3 is 0 Å². The minimum absolute atomic E-state index is 0.149. The quantitative estimate of drug-likeness (QED) is 0.703. The van der Waals surface area contributed by atoms with Gasteiger partial charge in [0.1, 0.15) is 19.9 Å². The highest BCUT2D eigenvalue weighted by Gasteiger charge is 2.25. The Morgan fingerprint density at radius 2 is 1.95 bits per heavy atom. The van der Waals surface area contributed by atoms with Crippen LogP contribution < -0.4 is 0 Å². The molecule has 0 aliphatic heterocycles. The van der Waals surface area contributed by atoms with Gasteiger partial charge in [0.25, 0.3) is 0 Å². The van der Waals surface area contributed by atoms with E-state index in [1.165, 1.54) is 19.3 Å². The highest BCUT2D eigenvalue weighted by atomic mass is 79.9. The fraction of sp³-hybridized carbons (Fsp3) is 0.444. The molecule has 108 valence electrons. The second-order valence-corrected chi connectivity index (χ2v) is 9.45.